The molecule has 0 bridgehead atoms. The summed E-state index contributed by atoms with van der Waals surface area (Å²) in [7, 11) is -3.26. The van der Waals surface area contributed by atoms with E-state index in [9.17, 15) is 8.42 Å². The standard InChI is InChI=1S/C14H24N2O3S/c1-12(2)4-3-9-16-20(17,18)11-10-19-14-7-5-13(15)6-8-14/h5-8,12,16H,3-4,9-11,15H2,1-2H3. The molecule has 0 aliphatic rings. The van der Waals surface area contributed by atoms with Gasteiger partial charge in [0, 0.05) is 12.2 Å². The van der Waals surface area contributed by atoms with E-state index >= 15 is 0 Å². The molecule has 0 amide bonds. The van der Waals surface area contributed by atoms with Crippen LogP contribution in [0.5, 0.6) is 5.75 Å². The van der Waals surface area contributed by atoms with Gasteiger partial charge in [-0.25, -0.2) is 13.1 Å². The first-order valence-electron chi connectivity index (χ1n) is 6.85. The Kier molecular flexibility index (Phi) is 6.81. The molecule has 0 saturated heterocycles. The molecular weight excluding hydrogens is 276 g/mol. The summed E-state index contributed by atoms with van der Waals surface area (Å²) in [4.78, 5) is 0. The molecule has 0 aliphatic carbocycles. The third-order valence-corrected chi connectivity index (χ3v) is 4.13. The van der Waals surface area contributed by atoms with Gasteiger partial charge in [-0.05, 0) is 43.0 Å². The van der Waals surface area contributed by atoms with Crippen molar-refractivity contribution in [3.63, 3.8) is 0 Å². The molecule has 0 unspecified atom stereocenters. The third-order valence-electron chi connectivity index (χ3n) is 2.78. The van der Waals surface area contributed by atoms with Crippen molar-refractivity contribution in [1.29, 1.82) is 0 Å². The van der Waals surface area contributed by atoms with E-state index in [0.29, 0.717) is 23.9 Å². The van der Waals surface area contributed by atoms with Crippen LogP contribution in [0.3, 0.4) is 0 Å². The first-order valence-corrected chi connectivity index (χ1v) is 8.50. The molecule has 0 radical (unpaired) electrons. The first kappa shape index (κ1) is 16.8. The van der Waals surface area contributed by atoms with Crippen molar-refractivity contribution in [2.24, 2.45) is 5.92 Å². The monoisotopic (exact) mass is 300 g/mol. The van der Waals surface area contributed by atoms with Gasteiger partial charge in [-0.3, -0.25) is 0 Å². The van der Waals surface area contributed by atoms with E-state index in [1.165, 1.54) is 0 Å². The highest BCUT2D eigenvalue weighted by atomic mass is 32.2. The number of hydrogen-bond donors (Lipinski definition) is 2. The van der Waals surface area contributed by atoms with Gasteiger partial charge in [0.1, 0.15) is 12.4 Å². The third kappa shape index (κ3) is 7.35. The molecule has 0 aliphatic heterocycles. The summed E-state index contributed by atoms with van der Waals surface area (Å²) < 4.78 is 31.4. The van der Waals surface area contributed by atoms with E-state index in [4.69, 9.17) is 10.5 Å². The number of hydrogen-bond acceptors (Lipinski definition) is 4. The molecule has 1 rings (SSSR count). The van der Waals surface area contributed by atoms with Crippen LogP contribution in [-0.4, -0.2) is 27.3 Å². The molecule has 20 heavy (non-hydrogen) atoms. The minimum atomic E-state index is -3.26. The number of nitrogens with one attached hydrogen (secondary N) is 1. The largest absolute Gasteiger partial charge is 0.492 e. The Bertz CT molecular complexity index is 484. The van der Waals surface area contributed by atoms with E-state index < -0.39 is 10.0 Å². The van der Waals surface area contributed by atoms with Crippen LogP contribution in [0.1, 0.15) is 26.7 Å². The zero-order chi connectivity index (χ0) is 15.0. The zero-order valence-corrected chi connectivity index (χ0v) is 12.9. The second-order valence-corrected chi connectivity index (χ2v) is 7.09. The predicted octanol–water partition coefficient (Wildman–Crippen LogP) is 2.00. The summed E-state index contributed by atoms with van der Waals surface area (Å²) in [5, 5.41) is 0. The van der Waals surface area contributed by atoms with E-state index in [1.54, 1.807) is 24.3 Å². The molecule has 6 heteroatoms. The smallest absolute Gasteiger partial charge is 0.214 e. The van der Waals surface area contributed by atoms with E-state index in [2.05, 4.69) is 18.6 Å². The number of nitrogen functional groups attached to an aromatic ring is 1. The van der Waals surface area contributed by atoms with Crippen LogP contribution < -0.4 is 15.2 Å². The highest BCUT2D eigenvalue weighted by Gasteiger charge is 2.09. The summed E-state index contributed by atoms with van der Waals surface area (Å²) >= 11 is 0. The fourth-order valence-corrected chi connectivity index (χ4v) is 2.55. The molecule has 114 valence electrons. The Labute approximate surface area is 121 Å². The van der Waals surface area contributed by atoms with Crippen molar-refractivity contribution in [2.75, 3.05) is 24.6 Å². The van der Waals surface area contributed by atoms with Gasteiger partial charge in [0.2, 0.25) is 10.0 Å². The molecule has 0 spiro atoms. The lowest BCUT2D eigenvalue weighted by Crippen LogP contribution is -2.30. The van der Waals surface area contributed by atoms with Crippen LogP contribution in [-0.2, 0) is 10.0 Å². The van der Waals surface area contributed by atoms with Gasteiger partial charge in [-0.1, -0.05) is 13.8 Å². The highest BCUT2D eigenvalue weighted by molar-refractivity contribution is 7.89. The van der Waals surface area contributed by atoms with Gasteiger partial charge in [0.05, 0.1) is 5.75 Å². The summed E-state index contributed by atoms with van der Waals surface area (Å²) in [6, 6.07) is 6.87. The SMILES string of the molecule is CC(C)CCCNS(=O)(=O)CCOc1ccc(N)cc1. The average molecular weight is 300 g/mol. The van der Waals surface area contributed by atoms with Gasteiger partial charge in [0.25, 0.3) is 0 Å². The van der Waals surface area contributed by atoms with Crippen LogP contribution in [0.15, 0.2) is 24.3 Å². The Hall–Kier alpha value is -1.27. The average Bonchev–Trinajstić information content (AvgIpc) is 2.37. The zero-order valence-electron chi connectivity index (χ0n) is 12.1. The molecule has 0 atom stereocenters. The maximum Gasteiger partial charge on any atom is 0.214 e. The Morgan fingerprint density at radius 2 is 1.90 bits per heavy atom. The van der Waals surface area contributed by atoms with Gasteiger partial charge in [-0.2, -0.15) is 0 Å². The minimum absolute atomic E-state index is 0.0426. The quantitative estimate of drug-likeness (QED) is 0.540. The topological polar surface area (TPSA) is 81.4 Å². The number of nitrogens with two attached hydrogens (primary N) is 1. The molecule has 3 N–H and O–H groups in total. The molecule has 5 nitrogen and oxygen atoms in total. The molecule has 1 aromatic carbocycles. The first-order chi connectivity index (χ1) is 9.39. The lowest BCUT2D eigenvalue weighted by Gasteiger charge is -2.09. The molecule has 0 fully saturated rings. The number of rotatable bonds is 9. The summed E-state index contributed by atoms with van der Waals surface area (Å²) in [5.41, 5.74) is 6.20. The van der Waals surface area contributed by atoms with Gasteiger partial charge in [-0.15, -0.1) is 0 Å². The van der Waals surface area contributed by atoms with Crippen LogP contribution >= 0.6 is 0 Å². The van der Waals surface area contributed by atoms with E-state index in [-0.39, 0.29) is 12.4 Å². The Morgan fingerprint density at radius 3 is 2.50 bits per heavy atom. The fourth-order valence-electron chi connectivity index (χ4n) is 1.64. The van der Waals surface area contributed by atoms with Crippen molar-refractivity contribution in [3.8, 4) is 5.75 Å². The maximum atomic E-state index is 11.7. The van der Waals surface area contributed by atoms with E-state index in [1.807, 2.05) is 0 Å². The summed E-state index contributed by atoms with van der Waals surface area (Å²) in [6.45, 7) is 4.86. The van der Waals surface area contributed by atoms with Crippen LogP contribution in [0.25, 0.3) is 0 Å². The normalized spacial score (nSPS) is 11.8. The second-order valence-electron chi connectivity index (χ2n) is 5.17. The van der Waals surface area contributed by atoms with Crippen molar-refractivity contribution >= 4 is 15.7 Å². The predicted molar refractivity (Wildman–Crippen MR) is 82.2 cm³/mol. The van der Waals surface area contributed by atoms with Crippen molar-refractivity contribution in [2.45, 2.75) is 26.7 Å². The van der Waals surface area contributed by atoms with Crippen LogP contribution in [0.4, 0.5) is 5.69 Å². The van der Waals surface area contributed by atoms with Gasteiger partial charge < -0.3 is 10.5 Å². The summed E-state index contributed by atoms with van der Waals surface area (Å²) in [6.07, 6.45) is 1.88. The number of sulfonamides is 1. The van der Waals surface area contributed by atoms with Gasteiger partial charge in [0.15, 0.2) is 0 Å². The summed E-state index contributed by atoms with van der Waals surface area (Å²) in [5.74, 6) is 1.17. The highest BCUT2D eigenvalue weighted by Crippen LogP contribution is 2.12. The lowest BCUT2D eigenvalue weighted by molar-refractivity contribution is 0.340. The molecule has 0 heterocycles. The Morgan fingerprint density at radius 1 is 1.25 bits per heavy atom. The van der Waals surface area contributed by atoms with Crippen LogP contribution in [0.2, 0.25) is 0 Å². The number of anilines is 1. The van der Waals surface area contributed by atoms with Crippen molar-refractivity contribution in [1.82, 2.24) is 4.72 Å². The van der Waals surface area contributed by atoms with E-state index in [0.717, 1.165) is 12.8 Å². The van der Waals surface area contributed by atoms with Gasteiger partial charge >= 0.3 is 0 Å². The number of ether oxygens (including phenoxy) is 1. The Balaban J connectivity index is 2.24. The fraction of sp³-hybridized carbons (Fsp3) is 0.571. The molecular formula is C14H24N2O3S. The second kappa shape index (κ2) is 8.11. The number of benzene rings is 1. The minimum Gasteiger partial charge on any atom is -0.492 e. The molecule has 1 aromatic rings. The maximum absolute atomic E-state index is 11.7. The van der Waals surface area contributed by atoms with Crippen molar-refractivity contribution < 1.29 is 13.2 Å². The molecule has 0 saturated carbocycles. The van der Waals surface area contributed by atoms with Crippen LogP contribution in [0, 0.1) is 5.92 Å². The van der Waals surface area contributed by atoms with Crippen molar-refractivity contribution in [3.05, 3.63) is 24.3 Å². The lowest BCUT2D eigenvalue weighted by atomic mass is 10.1. The molecule has 0 aromatic heterocycles.